The van der Waals surface area contributed by atoms with Gasteiger partial charge in [0.25, 0.3) is 0 Å². The average molecular weight is 189 g/mol. The Morgan fingerprint density at radius 2 is 2.15 bits per heavy atom. The number of carboxylic acid groups (broad SMARTS) is 1. The van der Waals surface area contributed by atoms with Gasteiger partial charge in [0.1, 0.15) is 0 Å². The van der Waals surface area contributed by atoms with E-state index in [1.807, 2.05) is 6.92 Å². The van der Waals surface area contributed by atoms with Gasteiger partial charge in [-0.1, -0.05) is 0 Å². The van der Waals surface area contributed by atoms with Gasteiger partial charge in [-0.05, 0) is 20.8 Å². The van der Waals surface area contributed by atoms with Crippen molar-refractivity contribution in [3.05, 3.63) is 0 Å². The van der Waals surface area contributed by atoms with Crippen molar-refractivity contribution in [2.75, 3.05) is 20.2 Å². The van der Waals surface area contributed by atoms with Gasteiger partial charge in [0, 0.05) is 20.2 Å². The van der Waals surface area contributed by atoms with E-state index in [9.17, 15) is 4.79 Å². The number of carboxylic acids is 1. The first-order valence-corrected chi connectivity index (χ1v) is 4.37. The van der Waals surface area contributed by atoms with Gasteiger partial charge in [-0.3, -0.25) is 4.79 Å². The maximum absolute atomic E-state index is 10.7. The lowest BCUT2D eigenvalue weighted by molar-refractivity contribution is -0.146. The summed E-state index contributed by atoms with van der Waals surface area (Å²) in [7, 11) is 1.63. The first-order chi connectivity index (χ1) is 5.90. The van der Waals surface area contributed by atoms with Crippen LogP contribution in [0.4, 0.5) is 0 Å². The number of aliphatic carboxylic acids is 1. The number of rotatable bonds is 6. The molecule has 13 heavy (non-hydrogen) atoms. The van der Waals surface area contributed by atoms with Crippen LogP contribution in [0.3, 0.4) is 0 Å². The minimum absolute atomic E-state index is 0.115. The lowest BCUT2D eigenvalue weighted by Crippen LogP contribution is -2.38. The average Bonchev–Trinajstić information content (AvgIpc) is 2.03. The van der Waals surface area contributed by atoms with Crippen molar-refractivity contribution in [1.82, 2.24) is 5.32 Å². The predicted molar refractivity (Wildman–Crippen MR) is 50.8 cm³/mol. The maximum atomic E-state index is 10.7. The molecule has 1 unspecified atom stereocenters. The third-order valence-corrected chi connectivity index (χ3v) is 1.98. The molecule has 0 saturated heterocycles. The summed E-state index contributed by atoms with van der Waals surface area (Å²) < 4.78 is 5.02. The second-order valence-electron chi connectivity index (χ2n) is 3.87. The fraction of sp³-hybridized carbons (Fsp3) is 0.889. The highest BCUT2D eigenvalue weighted by Crippen LogP contribution is 2.12. The highest BCUT2D eigenvalue weighted by Gasteiger charge is 2.26. The number of methoxy groups -OCH3 is 1. The molecule has 4 nitrogen and oxygen atoms in total. The first kappa shape index (κ1) is 12.4. The lowest BCUT2D eigenvalue weighted by atomic mass is 9.94. The quantitative estimate of drug-likeness (QED) is 0.646. The summed E-state index contributed by atoms with van der Waals surface area (Å²) in [6.07, 6.45) is 0.115. The molecule has 0 aromatic rings. The number of hydrogen-bond acceptors (Lipinski definition) is 3. The fourth-order valence-corrected chi connectivity index (χ4v) is 0.747. The molecule has 78 valence electrons. The molecule has 4 heteroatoms. The number of nitrogens with one attached hydrogen (secondary N) is 1. The van der Waals surface area contributed by atoms with E-state index in [0.29, 0.717) is 13.1 Å². The van der Waals surface area contributed by atoms with Crippen LogP contribution in [0.25, 0.3) is 0 Å². The van der Waals surface area contributed by atoms with E-state index in [1.54, 1.807) is 21.0 Å². The van der Waals surface area contributed by atoms with E-state index < -0.39 is 11.4 Å². The fourth-order valence-electron chi connectivity index (χ4n) is 0.747. The van der Waals surface area contributed by atoms with Crippen molar-refractivity contribution in [3.8, 4) is 0 Å². The van der Waals surface area contributed by atoms with Crippen LogP contribution >= 0.6 is 0 Å². The molecule has 0 fully saturated rings. The topological polar surface area (TPSA) is 58.6 Å². The highest BCUT2D eigenvalue weighted by molar-refractivity contribution is 5.73. The van der Waals surface area contributed by atoms with E-state index in [1.165, 1.54) is 0 Å². The van der Waals surface area contributed by atoms with Gasteiger partial charge in [0.2, 0.25) is 0 Å². The van der Waals surface area contributed by atoms with E-state index in [-0.39, 0.29) is 6.10 Å². The SMILES string of the molecule is COC(C)CNCC(C)(C)C(=O)O. The van der Waals surface area contributed by atoms with Gasteiger partial charge in [-0.15, -0.1) is 0 Å². The molecule has 0 aliphatic heterocycles. The molecule has 0 aliphatic carbocycles. The Kier molecular flexibility index (Phi) is 4.95. The second kappa shape index (κ2) is 5.19. The Labute approximate surface area is 79.3 Å². The van der Waals surface area contributed by atoms with Crippen LogP contribution in [0.1, 0.15) is 20.8 Å². The zero-order chi connectivity index (χ0) is 10.5. The Bertz CT molecular complexity index is 168. The van der Waals surface area contributed by atoms with Crippen LogP contribution in [0, 0.1) is 5.41 Å². The Hall–Kier alpha value is -0.610. The summed E-state index contributed by atoms with van der Waals surface area (Å²) in [5, 5.41) is 11.8. The smallest absolute Gasteiger partial charge is 0.310 e. The summed E-state index contributed by atoms with van der Waals surface area (Å²) in [6.45, 7) is 6.45. The van der Waals surface area contributed by atoms with E-state index in [0.717, 1.165) is 0 Å². The van der Waals surface area contributed by atoms with Crippen LogP contribution in [-0.4, -0.2) is 37.4 Å². The monoisotopic (exact) mass is 189 g/mol. The Balaban J connectivity index is 3.70. The molecular formula is C9H19NO3. The normalized spacial score (nSPS) is 14.2. The number of hydrogen-bond donors (Lipinski definition) is 2. The van der Waals surface area contributed by atoms with Crippen LogP contribution in [-0.2, 0) is 9.53 Å². The Morgan fingerprint density at radius 3 is 2.54 bits per heavy atom. The largest absolute Gasteiger partial charge is 0.481 e. The second-order valence-corrected chi connectivity index (χ2v) is 3.87. The molecule has 0 radical (unpaired) electrons. The van der Waals surface area contributed by atoms with Crippen LogP contribution < -0.4 is 5.32 Å². The van der Waals surface area contributed by atoms with Crippen molar-refractivity contribution >= 4 is 5.97 Å². The van der Waals surface area contributed by atoms with Crippen molar-refractivity contribution < 1.29 is 14.6 Å². The zero-order valence-corrected chi connectivity index (χ0v) is 8.76. The molecule has 0 aliphatic rings. The van der Waals surface area contributed by atoms with Crippen LogP contribution in [0.15, 0.2) is 0 Å². The van der Waals surface area contributed by atoms with Gasteiger partial charge in [0.05, 0.1) is 11.5 Å². The molecule has 2 N–H and O–H groups in total. The van der Waals surface area contributed by atoms with Gasteiger partial charge >= 0.3 is 5.97 Å². The van der Waals surface area contributed by atoms with Crippen LogP contribution in [0.2, 0.25) is 0 Å². The summed E-state index contributed by atoms with van der Waals surface area (Å²) >= 11 is 0. The van der Waals surface area contributed by atoms with Gasteiger partial charge in [-0.2, -0.15) is 0 Å². The van der Waals surface area contributed by atoms with Gasteiger partial charge < -0.3 is 15.2 Å². The number of carbonyl (C=O) groups is 1. The highest BCUT2D eigenvalue weighted by atomic mass is 16.5. The molecule has 0 bridgehead atoms. The summed E-state index contributed by atoms with van der Waals surface area (Å²) in [5.41, 5.74) is -0.715. The van der Waals surface area contributed by atoms with Crippen molar-refractivity contribution in [2.45, 2.75) is 26.9 Å². The summed E-state index contributed by atoms with van der Waals surface area (Å²) in [6, 6.07) is 0. The van der Waals surface area contributed by atoms with Crippen molar-refractivity contribution in [2.24, 2.45) is 5.41 Å². The molecular weight excluding hydrogens is 170 g/mol. The Morgan fingerprint density at radius 1 is 1.62 bits per heavy atom. The molecule has 0 aromatic carbocycles. The lowest BCUT2D eigenvalue weighted by Gasteiger charge is -2.20. The van der Waals surface area contributed by atoms with E-state index in [4.69, 9.17) is 9.84 Å². The van der Waals surface area contributed by atoms with E-state index in [2.05, 4.69) is 5.32 Å². The van der Waals surface area contributed by atoms with Gasteiger partial charge in [-0.25, -0.2) is 0 Å². The minimum atomic E-state index is -0.787. The predicted octanol–water partition coefficient (Wildman–Crippen LogP) is 0.722. The third-order valence-electron chi connectivity index (χ3n) is 1.98. The van der Waals surface area contributed by atoms with Crippen molar-refractivity contribution in [1.29, 1.82) is 0 Å². The minimum Gasteiger partial charge on any atom is -0.481 e. The first-order valence-electron chi connectivity index (χ1n) is 4.37. The summed E-state index contributed by atoms with van der Waals surface area (Å²) in [4.78, 5) is 10.7. The maximum Gasteiger partial charge on any atom is 0.310 e. The molecule has 1 atom stereocenters. The molecule has 0 aromatic heterocycles. The molecule has 0 rings (SSSR count). The van der Waals surface area contributed by atoms with Crippen molar-refractivity contribution in [3.63, 3.8) is 0 Å². The van der Waals surface area contributed by atoms with Crippen LogP contribution in [0.5, 0.6) is 0 Å². The van der Waals surface area contributed by atoms with Gasteiger partial charge in [0.15, 0.2) is 0 Å². The standard InChI is InChI=1S/C9H19NO3/c1-7(13-4)5-10-6-9(2,3)8(11)12/h7,10H,5-6H2,1-4H3,(H,11,12). The molecule has 0 amide bonds. The number of ether oxygens (including phenoxy) is 1. The molecule has 0 spiro atoms. The third kappa shape index (κ3) is 4.85. The molecule has 0 heterocycles. The summed E-state index contributed by atoms with van der Waals surface area (Å²) in [5.74, 6) is -0.787. The zero-order valence-electron chi connectivity index (χ0n) is 8.76. The molecule has 0 saturated carbocycles. The van der Waals surface area contributed by atoms with E-state index >= 15 is 0 Å².